The summed E-state index contributed by atoms with van der Waals surface area (Å²) in [4.78, 5) is 11.8. The van der Waals surface area contributed by atoms with Crippen molar-refractivity contribution in [3.63, 3.8) is 0 Å². The maximum absolute atomic E-state index is 13.0. The normalized spacial score (nSPS) is 10.2. The number of hydrogen-bond donors (Lipinski definition) is 1. The molecule has 0 bridgehead atoms. The number of anilines is 1. The minimum atomic E-state index is -0.988. The van der Waals surface area contributed by atoms with Crippen molar-refractivity contribution in [2.24, 2.45) is 0 Å². The molecule has 1 amide bonds. The van der Waals surface area contributed by atoms with Crippen LogP contribution in [0, 0.1) is 11.6 Å². The van der Waals surface area contributed by atoms with Gasteiger partial charge >= 0.3 is 0 Å². The molecule has 0 aromatic heterocycles. The second-order valence-electron chi connectivity index (χ2n) is 4.49. The van der Waals surface area contributed by atoms with E-state index in [-0.39, 0.29) is 18.0 Å². The van der Waals surface area contributed by atoms with Crippen LogP contribution in [0.5, 0.6) is 5.75 Å². The highest BCUT2D eigenvalue weighted by molar-refractivity contribution is 5.90. The number of carbonyl (C=O) groups is 1. The van der Waals surface area contributed by atoms with Gasteiger partial charge in [-0.1, -0.05) is 18.2 Å². The lowest BCUT2D eigenvalue weighted by atomic mass is 10.1. The van der Waals surface area contributed by atoms with Crippen molar-refractivity contribution >= 4 is 11.6 Å². The van der Waals surface area contributed by atoms with Crippen molar-refractivity contribution < 1.29 is 18.3 Å². The van der Waals surface area contributed by atoms with Crippen molar-refractivity contribution in [1.29, 1.82) is 0 Å². The summed E-state index contributed by atoms with van der Waals surface area (Å²) in [5.74, 6) is -1.48. The van der Waals surface area contributed by atoms with Gasteiger partial charge in [-0.15, -0.1) is 0 Å². The van der Waals surface area contributed by atoms with E-state index in [2.05, 4.69) is 5.32 Å². The summed E-state index contributed by atoms with van der Waals surface area (Å²) in [6, 6.07) is 10.7. The van der Waals surface area contributed by atoms with Crippen LogP contribution < -0.4 is 10.1 Å². The Morgan fingerprint density at radius 2 is 1.90 bits per heavy atom. The minimum absolute atomic E-state index is 0.222. The average molecular weight is 291 g/mol. The third-order valence-corrected chi connectivity index (χ3v) is 3.02. The van der Waals surface area contributed by atoms with Gasteiger partial charge < -0.3 is 10.1 Å². The van der Waals surface area contributed by atoms with E-state index in [1.807, 2.05) is 24.3 Å². The lowest BCUT2D eigenvalue weighted by Crippen LogP contribution is -2.12. The Balaban J connectivity index is 1.94. The Bertz CT molecular complexity index is 644. The number of amides is 1. The van der Waals surface area contributed by atoms with Gasteiger partial charge in [0.1, 0.15) is 5.75 Å². The molecule has 0 aliphatic rings. The van der Waals surface area contributed by atoms with Gasteiger partial charge in [-0.2, -0.15) is 0 Å². The van der Waals surface area contributed by atoms with E-state index in [9.17, 15) is 13.6 Å². The molecule has 2 aromatic rings. The Morgan fingerprint density at radius 1 is 1.14 bits per heavy atom. The Labute approximate surface area is 121 Å². The summed E-state index contributed by atoms with van der Waals surface area (Å²) in [5.41, 5.74) is 1.15. The molecule has 2 rings (SSSR count). The number of benzene rings is 2. The fraction of sp³-hybridized carbons (Fsp3) is 0.188. The molecule has 110 valence electrons. The zero-order valence-corrected chi connectivity index (χ0v) is 11.5. The molecular weight excluding hydrogens is 276 g/mol. The molecule has 0 aliphatic carbocycles. The molecule has 0 heterocycles. The first-order valence-corrected chi connectivity index (χ1v) is 6.47. The second-order valence-corrected chi connectivity index (χ2v) is 4.49. The predicted molar refractivity (Wildman–Crippen MR) is 76.3 cm³/mol. The Kier molecular flexibility index (Phi) is 4.87. The molecule has 5 heteroatoms. The molecule has 0 saturated heterocycles. The van der Waals surface area contributed by atoms with Crippen LogP contribution in [0.3, 0.4) is 0 Å². The quantitative estimate of drug-likeness (QED) is 0.915. The molecule has 2 aromatic carbocycles. The van der Waals surface area contributed by atoms with Crippen molar-refractivity contribution in [3.05, 3.63) is 59.7 Å². The minimum Gasteiger partial charge on any atom is -0.496 e. The van der Waals surface area contributed by atoms with E-state index < -0.39 is 11.6 Å². The number of carbonyl (C=O) groups excluding carboxylic acids is 1. The number of methoxy groups -OCH3 is 1. The topological polar surface area (TPSA) is 38.3 Å². The van der Waals surface area contributed by atoms with Crippen LogP contribution in [0.2, 0.25) is 0 Å². The standard InChI is InChI=1S/C16H15F2NO2/c1-21-15-5-3-2-4-11(15)6-9-16(20)19-12-7-8-13(17)14(18)10-12/h2-5,7-8,10H,6,9H2,1H3,(H,19,20). The molecule has 21 heavy (non-hydrogen) atoms. The summed E-state index contributed by atoms with van der Waals surface area (Å²) >= 11 is 0. The summed E-state index contributed by atoms with van der Waals surface area (Å²) in [7, 11) is 1.57. The molecule has 0 unspecified atom stereocenters. The first kappa shape index (κ1) is 15.0. The predicted octanol–water partition coefficient (Wildman–Crippen LogP) is 3.54. The van der Waals surface area contributed by atoms with E-state index in [1.54, 1.807) is 7.11 Å². The second kappa shape index (κ2) is 6.83. The highest BCUT2D eigenvalue weighted by Gasteiger charge is 2.08. The highest BCUT2D eigenvalue weighted by atomic mass is 19.2. The molecular formula is C16H15F2NO2. The van der Waals surface area contributed by atoms with Crippen LogP contribution in [0.15, 0.2) is 42.5 Å². The number of halogens is 2. The zero-order valence-electron chi connectivity index (χ0n) is 11.5. The fourth-order valence-corrected chi connectivity index (χ4v) is 1.96. The van der Waals surface area contributed by atoms with Crippen LogP contribution >= 0.6 is 0 Å². The van der Waals surface area contributed by atoms with E-state index >= 15 is 0 Å². The lowest BCUT2D eigenvalue weighted by Gasteiger charge is -2.08. The largest absolute Gasteiger partial charge is 0.496 e. The number of hydrogen-bond acceptors (Lipinski definition) is 2. The first-order valence-electron chi connectivity index (χ1n) is 6.47. The third-order valence-electron chi connectivity index (χ3n) is 3.02. The van der Waals surface area contributed by atoms with Crippen LogP contribution in [-0.2, 0) is 11.2 Å². The first-order chi connectivity index (χ1) is 10.1. The Hall–Kier alpha value is -2.43. The van der Waals surface area contributed by atoms with Crippen molar-refractivity contribution in [2.45, 2.75) is 12.8 Å². The van der Waals surface area contributed by atoms with E-state index in [1.165, 1.54) is 6.07 Å². The fourth-order valence-electron chi connectivity index (χ4n) is 1.96. The molecule has 0 radical (unpaired) electrons. The smallest absolute Gasteiger partial charge is 0.224 e. The molecule has 3 nitrogen and oxygen atoms in total. The van der Waals surface area contributed by atoms with Gasteiger partial charge in [-0.25, -0.2) is 8.78 Å². The number of para-hydroxylation sites is 1. The van der Waals surface area contributed by atoms with E-state index in [0.717, 1.165) is 23.4 Å². The summed E-state index contributed by atoms with van der Waals surface area (Å²) in [6.45, 7) is 0. The third kappa shape index (κ3) is 4.02. The summed E-state index contributed by atoms with van der Waals surface area (Å²) in [6.07, 6.45) is 0.721. The zero-order chi connectivity index (χ0) is 15.2. The van der Waals surface area contributed by atoms with E-state index in [4.69, 9.17) is 4.74 Å². The van der Waals surface area contributed by atoms with Gasteiger partial charge in [-0.05, 0) is 30.2 Å². The van der Waals surface area contributed by atoms with Crippen LogP contribution in [-0.4, -0.2) is 13.0 Å². The summed E-state index contributed by atoms with van der Waals surface area (Å²) in [5, 5.41) is 2.53. The van der Waals surface area contributed by atoms with E-state index in [0.29, 0.717) is 6.42 Å². The van der Waals surface area contributed by atoms with Crippen molar-refractivity contribution in [1.82, 2.24) is 0 Å². The molecule has 0 saturated carbocycles. The van der Waals surface area contributed by atoms with Gasteiger partial charge in [0.15, 0.2) is 11.6 Å². The number of aryl methyl sites for hydroxylation is 1. The SMILES string of the molecule is COc1ccccc1CCC(=O)Nc1ccc(F)c(F)c1. The van der Waals surface area contributed by atoms with Gasteiger partial charge in [0.05, 0.1) is 7.11 Å². The molecule has 0 spiro atoms. The maximum Gasteiger partial charge on any atom is 0.224 e. The summed E-state index contributed by atoms with van der Waals surface area (Å²) < 4.78 is 31.0. The monoisotopic (exact) mass is 291 g/mol. The van der Waals surface area contributed by atoms with Gasteiger partial charge in [0.25, 0.3) is 0 Å². The van der Waals surface area contributed by atoms with Gasteiger partial charge in [-0.3, -0.25) is 4.79 Å². The number of ether oxygens (including phenoxy) is 1. The van der Waals surface area contributed by atoms with Crippen molar-refractivity contribution in [2.75, 3.05) is 12.4 Å². The molecule has 0 aliphatic heterocycles. The maximum atomic E-state index is 13.0. The van der Waals surface area contributed by atoms with Gasteiger partial charge in [0, 0.05) is 18.2 Å². The highest BCUT2D eigenvalue weighted by Crippen LogP contribution is 2.19. The average Bonchev–Trinajstić information content (AvgIpc) is 2.49. The lowest BCUT2D eigenvalue weighted by molar-refractivity contribution is -0.116. The molecule has 1 N–H and O–H groups in total. The van der Waals surface area contributed by atoms with Crippen LogP contribution in [0.1, 0.15) is 12.0 Å². The van der Waals surface area contributed by atoms with Gasteiger partial charge in [0.2, 0.25) is 5.91 Å². The van der Waals surface area contributed by atoms with Crippen LogP contribution in [0.4, 0.5) is 14.5 Å². The molecule has 0 atom stereocenters. The Morgan fingerprint density at radius 3 is 2.62 bits per heavy atom. The van der Waals surface area contributed by atoms with Crippen molar-refractivity contribution in [3.8, 4) is 5.75 Å². The number of rotatable bonds is 5. The number of nitrogens with one attached hydrogen (secondary N) is 1. The van der Waals surface area contributed by atoms with Crippen LogP contribution in [0.25, 0.3) is 0 Å². The molecule has 0 fully saturated rings.